The monoisotopic (exact) mass is 482 g/mol. The lowest BCUT2D eigenvalue weighted by Gasteiger charge is -2.34. The van der Waals surface area contributed by atoms with Crippen LogP contribution in [0.25, 0.3) is 22.2 Å². The van der Waals surface area contributed by atoms with Crippen LogP contribution < -0.4 is 4.90 Å². The van der Waals surface area contributed by atoms with Crippen molar-refractivity contribution in [3.05, 3.63) is 54.9 Å². The number of fused-ring (bicyclic) bond motifs is 1. The molecule has 4 rings (SSSR count). The zero-order valence-corrected chi connectivity index (χ0v) is 18.1. The standard InChI is InChI=1S/C19H20N4.2BrH.H2O/c1-22-10-12-23(13-11-22)19-14-18(15-6-8-20-9-7-15)21-17-5-3-2-4-16(17)19;;;/h2-9,14H,10-13H2,1H3;2*1H;1H2. The number of piperazine rings is 1. The van der Waals surface area contributed by atoms with E-state index in [1.165, 1.54) is 11.1 Å². The molecule has 2 N–H and O–H groups in total. The molecule has 1 aromatic carbocycles. The molecule has 1 aliphatic heterocycles. The van der Waals surface area contributed by atoms with Crippen molar-refractivity contribution in [1.29, 1.82) is 0 Å². The first-order valence-electron chi connectivity index (χ1n) is 8.05. The summed E-state index contributed by atoms with van der Waals surface area (Å²) in [5.41, 5.74) is 4.47. The average molecular weight is 484 g/mol. The Balaban J connectivity index is 0.00000113. The van der Waals surface area contributed by atoms with Gasteiger partial charge in [0, 0.05) is 55.2 Å². The Morgan fingerprint density at radius 1 is 0.885 bits per heavy atom. The molecule has 7 heteroatoms. The van der Waals surface area contributed by atoms with Crippen LogP contribution in [0.4, 0.5) is 5.69 Å². The van der Waals surface area contributed by atoms with Crippen molar-refractivity contribution in [3.63, 3.8) is 0 Å². The van der Waals surface area contributed by atoms with Crippen LogP contribution in [0.5, 0.6) is 0 Å². The van der Waals surface area contributed by atoms with Gasteiger partial charge in [0.1, 0.15) is 0 Å². The number of likely N-dealkylation sites (N-methyl/N-ethyl adjacent to an activating group) is 1. The van der Waals surface area contributed by atoms with Gasteiger partial charge in [0.2, 0.25) is 0 Å². The molecule has 0 radical (unpaired) electrons. The number of nitrogens with zero attached hydrogens (tertiary/aromatic N) is 4. The number of hydrogen-bond acceptors (Lipinski definition) is 4. The molecule has 3 aromatic rings. The summed E-state index contributed by atoms with van der Waals surface area (Å²) in [5.74, 6) is 0. The van der Waals surface area contributed by atoms with E-state index in [1.807, 2.05) is 24.5 Å². The van der Waals surface area contributed by atoms with E-state index in [2.05, 4.69) is 52.2 Å². The molecule has 1 fully saturated rings. The number of para-hydroxylation sites is 1. The van der Waals surface area contributed by atoms with Crippen molar-refractivity contribution in [2.75, 3.05) is 38.1 Å². The van der Waals surface area contributed by atoms with Gasteiger partial charge in [0.25, 0.3) is 0 Å². The van der Waals surface area contributed by atoms with Gasteiger partial charge >= 0.3 is 0 Å². The average Bonchev–Trinajstić information content (AvgIpc) is 2.62. The molecule has 0 unspecified atom stereocenters. The number of hydrogen-bond donors (Lipinski definition) is 0. The molecule has 2 aromatic heterocycles. The summed E-state index contributed by atoms with van der Waals surface area (Å²) in [6.07, 6.45) is 3.64. The Kier molecular flexibility index (Phi) is 8.62. The van der Waals surface area contributed by atoms with E-state index in [-0.39, 0.29) is 39.4 Å². The molecule has 140 valence electrons. The van der Waals surface area contributed by atoms with Crippen LogP contribution in [0, 0.1) is 0 Å². The summed E-state index contributed by atoms with van der Waals surface area (Å²) in [6.45, 7) is 4.31. The lowest BCUT2D eigenvalue weighted by Crippen LogP contribution is -2.44. The number of halogens is 2. The molecule has 1 saturated heterocycles. The van der Waals surface area contributed by atoms with Gasteiger partial charge in [0.15, 0.2) is 0 Å². The molecular formula is C19H24Br2N4O. The molecule has 0 atom stereocenters. The van der Waals surface area contributed by atoms with Gasteiger partial charge in [-0.25, -0.2) is 4.98 Å². The first-order valence-corrected chi connectivity index (χ1v) is 8.05. The fourth-order valence-electron chi connectivity index (χ4n) is 3.14. The van der Waals surface area contributed by atoms with Gasteiger partial charge < -0.3 is 15.3 Å². The van der Waals surface area contributed by atoms with Crippen LogP contribution in [0.1, 0.15) is 0 Å². The maximum Gasteiger partial charge on any atom is 0.0731 e. The minimum absolute atomic E-state index is 0. The Morgan fingerprint density at radius 2 is 1.54 bits per heavy atom. The van der Waals surface area contributed by atoms with Crippen molar-refractivity contribution < 1.29 is 5.48 Å². The lowest BCUT2D eigenvalue weighted by atomic mass is 10.1. The highest BCUT2D eigenvalue weighted by Crippen LogP contribution is 2.31. The minimum atomic E-state index is 0. The van der Waals surface area contributed by atoms with Crippen molar-refractivity contribution in [2.45, 2.75) is 0 Å². The third-order valence-corrected chi connectivity index (χ3v) is 4.51. The van der Waals surface area contributed by atoms with Gasteiger partial charge in [-0.2, -0.15) is 0 Å². The van der Waals surface area contributed by atoms with Gasteiger partial charge in [-0.05, 0) is 31.3 Å². The van der Waals surface area contributed by atoms with Crippen LogP contribution in [0.2, 0.25) is 0 Å². The van der Waals surface area contributed by atoms with Crippen molar-refractivity contribution in [1.82, 2.24) is 14.9 Å². The number of anilines is 1. The second-order valence-corrected chi connectivity index (χ2v) is 6.07. The Hall–Kier alpha value is -1.54. The fourth-order valence-corrected chi connectivity index (χ4v) is 3.14. The molecule has 0 aliphatic carbocycles. The zero-order valence-electron chi connectivity index (χ0n) is 14.6. The second-order valence-electron chi connectivity index (χ2n) is 6.07. The van der Waals surface area contributed by atoms with Gasteiger partial charge in [0.05, 0.1) is 11.2 Å². The molecule has 0 saturated carbocycles. The summed E-state index contributed by atoms with van der Waals surface area (Å²) in [7, 11) is 2.18. The summed E-state index contributed by atoms with van der Waals surface area (Å²) in [6, 6.07) is 14.7. The Morgan fingerprint density at radius 3 is 2.23 bits per heavy atom. The number of pyridine rings is 2. The Labute approximate surface area is 174 Å². The van der Waals surface area contributed by atoms with E-state index in [0.29, 0.717) is 0 Å². The number of benzene rings is 1. The highest BCUT2D eigenvalue weighted by molar-refractivity contribution is 8.93. The third kappa shape index (κ3) is 4.59. The SMILES string of the molecule is Br.Br.CN1CCN(c2cc(-c3ccncc3)nc3ccccc23)CC1.O. The topological polar surface area (TPSA) is 63.8 Å². The lowest BCUT2D eigenvalue weighted by molar-refractivity contribution is 0.313. The summed E-state index contributed by atoms with van der Waals surface area (Å²) in [5, 5.41) is 1.23. The fraction of sp³-hybridized carbons (Fsp3) is 0.263. The van der Waals surface area contributed by atoms with Crippen LogP contribution in [-0.4, -0.2) is 53.6 Å². The normalized spacial score (nSPS) is 14.1. The predicted molar refractivity (Wildman–Crippen MR) is 119 cm³/mol. The largest absolute Gasteiger partial charge is 0.412 e. The first-order chi connectivity index (χ1) is 11.3. The molecule has 0 amide bonds. The van der Waals surface area contributed by atoms with E-state index in [9.17, 15) is 0 Å². The number of aromatic nitrogens is 2. The van der Waals surface area contributed by atoms with Crippen LogP contribution in [0.15, 0.2) is 54.9 Å². The van der Waals surface area contributed by atoms with Gasteiger partial charge in [-0.3, -0.25) is 4.98 Å². The molecule has 0 spiro atoms. The second kappa shape index (κ2) is 9.97. The van der Waals surface area contributed by atoms with Crippen LogP contribution >= 0.6 is 34.0 Å². The first kappa shape index (κ1) is 22.5. The maximum absolute atomic E-state index is 4.85. The smallest absolute Gasteiger partial charge is 0.0731 e. The highest BCUT2D eigenvalue weighted by Gasteiger charge is 2.18. The summed E-state index contributed by atoms with van der Waals surface area (Å²) in [4.78, 5) is 13.8. The predicted octanol–water partition coefficient (Wildman–Crippen LogP) is 3.38. The van der Waals surface area contributed by atoms with E-state index in [4.69, 9.17) is 4.98 Å². The van der Waals surface area contributed by atoms with Crippen LogP contribution in [-0.2, 0) is 0 Å². The Bertz CT molecular complexity index is 824. The van der Waals surface area contributed by atoms with Crippen LogP contribution in [0.3, 0.4) is 0 Å². The van der Waals surface area contributed by atoms with E-state index >= 15 is 0 Å². The van der Waals surface area contributed by atoms with E-state index < -0.39 is 0 Å². The zero-order chi connectivity index (χ0) is 15.6. The third-order valence-electron chi connectivity index (χ3n) is 4.51. The summed E-state index contributed by atoms with van der Waals surface area (Å²) >= 11 is 0. The van der Waals surface area contributed by atoms with Crippen molar-refractivity contribution in [2.24, 2.45) is 0 Å². The molecular weight excluding hydrogens is 460 g/mol. The molecule has 1 aliphatic rings. The quantitative estimate of drug-likeness (QED) is 0.560. The van der Waals surface area contributed by atoms with E-state index in [1.54, 1.807) is 0 Å². The highest BCUT2D eigenvalue weighted by atomic mass is 79.9. The van der Waals surface area contributed by atoms with Crippen molar-refractivity contribution >= 4 is 50.6 Å². The maximum atomic E-state index is 4.85. The van der Waals surface area contributed by atoms with Gasteiger partial charge in [-0.15, -0.1) is 34.0 Å². The van der Waals surface area contributed by atoms with Gasteiger partial charge in [-0.1, -0.05) is 18.2 Å². The molecule has 26 heavy (non-hydrogen) atoms. The number of rotatable bonds is 2. The summed E-state index contributed by atoms with van der Waals surface area (Å²) < 4.78 is 0. The van der Waals surface area contributed by atoms with E-state index in [0.717, 1.165) is 43.0 Å². The molecule has 0 bridgehead atoms. The van der Waals surface area contributed by atoms with Crippen molar-refractivity contribution in [3.8, 4) is 11.3 Å². The molecule has 5 nitrogen and oxygen atoms in total. The molecule has 3 heterocycles. The minimum Gasteiger partial charge on any atom is -0.412 e.